The first kappa shape index (κ1) is 13.0. The summed E-state index contributed by atoms with van der Waals surface area (Å²) >= 11 is 1.79. The summed E-state index contributed by atoms with van der Waals surface area (Å²) < 4.78 is 5.01. The second kappa shape index (κ2) is 6.47. The Hall–Kier alpha value is -1.46. The van der Waals surface area contributed by atoms with Crippen molar-refractivity contribution in [3.8, 4) is 5.88 Å². The number of hydrogen-bond donors (Lipinski definition) is 1. The number of ether oxygens (including phenoxy) is 1. The molecule has 18 heavy (non-hydrogen) atoms. The molecule has 0 fully saturated rings. The van der Waals surface area contributed by atoms with E-state index in [1.807, 2.05) is 19.2 Å². The number of methoxy groups -OCH3 is 1. The lowest BCUT2D eigenvalue weighted by Gasteiger charge is -2.14. The van der Waals surface area contributed by atoms with Crippen molar-refractivity contribution >= 4 is 11.3 Å². The van der Waals surface area contributed by atoms with Crippen molar-refractivity contribution in [2.75, 3.05) is 14.2 Å². The molecule has 0 aliphatic carbocycles. The summed E-state index contributed by atoms with van der Waals surface area (Å²) in [6.45, 7) is 0. The van der Waals surface area contributed by atoms with Gasteiger partial charge in [-0.05, 0) is 37.4 Å². The summed E-state index contributed by atoms with van der Waals surface area (Å²) in [4.78, 5) is 1.40. The Labute approximate surface area is 111 Å². The lowest BCUT2D eigenvalue weighted by Crippen LogP contribution is -2.18. The largest absolute Gasteiger partial charge is 0.480 e. The summed E-state index contributed by atoms with van der Waals surface area (Å²) in [5.41, 5.74) is 0.954. The van der Waals surface area contributed by atoms with Gasteiger partial charge in [-0.2, -0.15) is 5.10 Å². The molecule has 0 saturated heterocycles. The van der Waals surface area contributed by atoms with Gasteiger partial charge in [-0.25, -0.2) is 0 Å². The Bertz CT molecular complexity index is 456. The van der Waals surface area contributed by atoms with Crippen LogP contribution in [0.4, 0.5) is 0 Å². The summed E-state index contributed by atoms with van der Waals surface area (Å²) in [7, 11) is 3.54. The average Bonchev–Trinajstić information content (AvgIpc) is 2.93. The van der Waals surface area contributed by atoms with Gasteiger partial charge < -0.3 is 10.1 Å². The molecule has 96 valence electrons. The Morgan fingerprint density at radius 3 is 2.78 bits per heavy atom. The fourth-order valence-corrected chi connectivity index (χ4v) is 2.53. The Morgan fingerprint density at radius 1 is 1.33 bits per heavy atom. The second-order valence-corrected chi connectivity index (χ2v) is 4.99. The molecule has 0 radical (unpaired) electrons. The van der Waals surface area contributed by atoms with Crippen LogP contribution in [0.5, 0.6) is 5.88 Å². The number of aromatic nitrogens is 2. The standard InChI is InChI=1S/C13H17N3OS/c1-14-11(6-5-10-4-3-9-18-10)12-7-8-13(17-2)16-15-12/h3-4,7-9,11,14H,5-6H2,1-2H3. The zero-order valence-electron chi connectivity index (χ0n) is 10.6. The lowest BCUT2D eigenvalue weighted by molar-refractivity contribution is 0.389. The number of nitrogens with zero attached hydrogens (tertiary/aromatic N) is 2. The molecule has 1 N–H and O–H groups in total. The zero-order chi connectivity index (χ0) is 12.8. The topological polar surface area (TPSA) is 47.0 Å². The molecule has 0 aliphatic heterocycles. The van der Waals surface area contributed by atoms with Crippen LogP contribution in [0.3, 0.4) is 0 Å². The van der Waals surface area contributed by atoms with E-state index in [9.17, 15) is 0 Å². The maximum absolute atomic E-state index is 5.01. The number of aryl methyl sites for hydroxylation is 1. The molecule has 0 aromatic carbocycles. The molecular formula is C13H17N3OS. The van der Waals surface area contributed by atoms with E-state index in [1.54, 1.807) is 18.4 Å². The molecule has 4 nitrogen and oxygen atoms in total. The van der Waals surface area contributed by atoms with E-state index >= 15 is 0 Å². The smallest absolute Gasteiger partial charge is 0.233 e. The summed E-state index contributed by atoms with van der Waals surface area (Å²) in [6, 6.07) is 8.28. The third-order valence-electron chi connectivity index (χ3n) is 2.83. The highest BCUT2D eigenvalue weighted by molar-refractivity contribution is 7.09. The minimum absolute atomic E-state index is 0.227. The molecule has 0 amide bonds. The van der Waals surface area contributed by atoms with E-state index in [2.05, 4.69) is 33.0 Å². The number of thiophene rings is 1. The van der Waals surface area contributed by atoms with E-state index in [0.717, 1.165) is 18.5 Å². The number of rotatable bonds is 6. The predicted molar refractivity (Wildman–Crippen MR) is 73.0 cm³/mol. The van der Waals surface area contributed by atoms with Crippen LogP contribution in [-0.2, 0) is 6.42 Å². The van der Waals surface area contributed by atoms with Gasteiger partial charge in [0.1, 0.15) is 0 Å². The molecule has 0 aliphatic rings. The average molecular weight is 263 g/mol. The molecule has 2 aromatic heterocycles. The van der Waals surface area contributed by atoms with E-state index in [1.165, 1.54) is 4.88 Å². The van der Waals surface area contributed by atoms with Crippen molar-refractivity contribution in [1.29, 1.82) is 0 Å². The number of nitrogens with one attached hydrogen (secondary N) is 1. The summed E-state index contributed by atoms with van der Waals surface area (Å²) in [5, 5.41) is 13.6. The molecular weight excluding hydrogens is 246 g/mol. The van der Waals surface area contributed by atoms with Crippen LogP contribution in [0.15, 0.2) is 29.6 Å². The van der Waals surface area contributed by atoms with Crippen LogP contribution in [0.1, 0.15) is 23.0 Å². The zero-order valence-corrected chi connectivity index (χ0v) is 11.4. The van der Waals surface area contributed by atoms with Crippen molar-refractivity contribution in [3.63, 3.8) is 0 Å². The van der Waals surface area contributed by atoms with Gasteiger partial charge in [-0.15, -0.1) is 16.4 Å². The molecule has 2 aromatic rings. The molecule has 2 rings (SSSR count). The minimum Gasteiger partial charge on any atom is -0.480 e. The van der Waals surface area contributed by atoms with Crippen LogP contribution < -0.4 is 10.1 Å². The van der Waals surface area contributed by atoms with E-state index < -0.39 is 0 Å². The van der Waals surface area contributed by atoms with Crippen LogP contribution in [-0.4, -0.2) is 24.4 Å². The van der Waals surface area contributed by atoms with Crippen LogP contribution >= 0.6 is 11.3 Å². The quantitative estimate of drug-likeness (QED) is 0.869. The minimum atomic E-state index is 0.227. The normalized spacial score (nSPS) is 12.3. The van der Waals surface area contributed by atoms with Crippen LogP contribution in [0.2, 0.25) is 0 Å². The highest BCUT2D eigenvalue weighted by Crippen LogP contribution is 2.19. The van der Waals surface area contributed by atoms with E-state index in [0.29, 0.717) is 5.88 Å². The Balaban J connectivity index is 1.98. The molecule has 1 unspecified atom stereocenters. The first-order valence-electron chi connectivity index (χ1n) is 5.90. The first-order chi connectivity index (χ1) is 8.83. The highest BCUT2D eigenvalue weighted by atomic mass is 32.1. The lowest BCUT2D eigenvalue weighted by atomic mass is 10.1. The molecule has 0 spiro atoms. The maximum atomic E-state index is 5.01. The third-order valence-corrected chi connectivity index (χ3v) is 3.77. The van der Waals surface area contributed by atoms with Gasteiger partial charge in [-0.3, -0.25) is 0 Å². The third kappa shape index (κ3) is 3.27. The molecule has 5 heteroatoms. The Morgan fingerprint density at radius 2 is 2.22 bits per heavy atom. The fourth-order valence-electron chi connectivity index (χ4n) is 1.81. The van der Waals surface area contributed by atoms with Gasteiger partial charge in [0.25, 0.3) is 0 Å². The van der Waals surface area contributed by atoms with Crippen LogP contribution in [0.25, 0.3) is 0 Å². The van der Waals surface area contributed by atoms with Crippen LogP contribution in [0, 0.1) is 0 Å². The molecule has 1 atom stereocenters. The molecule has 0 saturated carbocycles. The molecule has 0 bridgehead atoms. The highest BCUT2D eigenvalue weighted by Gasteiger charge is 2.11. The fraction of sp³-hybridized carbons (Fsp3) is 0.385. The Kier molecular flexibility index (Phi) is 4.66. The van der Waals surface area contributed by atoms with Gasteiger partial charge in [0.2, 0.25) is 5.88 Å². The van der Waals surface area contributed by atoms with Gasteiger partial charge in [0.05, 0.1) is 18.8 Å². The number of hydrogen-bond acceptors (Lipinski definition) is 5. The monoisotopic (exact) mass is 263 g/mol. The summed E-state index contributed by atoms with van der Waals surface area (Å²) in [6.07, 6.45) is 2.06. The maximum Gasteiger partial charge on any atom is 0.233 e. The summed E-state index contributed by atoms with van der Waals surface area (Å²) in [5.74, 6) is 0.548. The van der Waals surface area contributed by atoms with Gasteiger partial charge >= 0.3 is 0 Å². The van der Waals surface area contributed by atoms with Crippen molar-refractivity contribution in [2.45, 2.75) is 18.9 Å². The predicted octanol–water partition coefficient (Wildman–Crippen LogP) is 2.44. The van der Waals surface area contributed by atoms with Crippen molar-refractivity contribution < 1.29 is 4.74 Å². The van der Waals surface area contributed by atoms with Gasteiger partial charge in [0, 0.05) is 10.9 Å². The van der Waals surface area contributed by atoms with Gasteiger partial charge in [-0.1, -0.05) is 6.07 Å². The second-order valence-electron chi connectivity index (χ2n) is 3.96. The van der Waals surface area contributed by atoms with Crippen molar-refractivity contribution in [2.24, 2.45) is 0 Å². The van der Waals surface area contributed by atoms with Crippen molar-refractivity contribution in [3.05, 3.63) is 40.2 Å². The van der Waals surface area contributed by atoms with Crippen molar-refractivity contribution in [1.82, 2.24) is 15.5 Å². The first-order valence-corrected chi connectivity index (χ1v) is 6.78. The SMILES string of the molecule is CNC(CCc1cccs1)c1ccc(OC)nn1. The molecule has 2 heterocycles. The van der Waals surface area contributed by atoms with E-state index in [-0.39, 0.29) is 6.04 Å². The van der Waals surface area contributed by atoms with E-state index in [4.69, 9.17) is 4.74 Å². The van der Waals surface area contributed by atoms with Gasteiger partial charge in [0.15, 0.2) is 0 Å².